The molecular weight excluding hydrogens is 216 g/mol. The van der Waals surface area contributed by atoms with Crippen molar-refractivity contribution in [3.8, 4) is 0 Å². The summed E-state index contributed by atoms with van der Waals surface area (Å²) in [6.07, 6.45) is -0.189. The molecule has 0 saturated heterocycles. The molecule has 84 valence electrons. The van der Waals surface area contributed by atoms with Crippen LogP contribution in [-0.2, 0) is 9.84 Å². The molecule has 1 aromatic carbocycles. The minimum absolute atomic E-state index is 0.488. The number of aliphatic hydroxyl groups excluding tert-OH is 2. The molecule has 2 atom stereocenters. The highest BCUT2D eigenvalue weighted by Crippen LogP contribution is 2.20. The van der Waals surface area contributed by atoms with Gasteiger partial charge in [-0.25, -0.2) is 8.42 Å². The Morgan fingerprint density at radius 3 is 2.20 bits per heavy atom. The molecule has 0 aliphatic carbocycles. The molecule has 0 saturated carbocycles. The molecule has 2 N–H and O–H groups in total. The first-order chi connectivity index (χ1) is 6.96. The molecule has 2 unspecified atom stereocenters. The molecule has 1 rings (SSSR count). The van der Waals surface area contributed by atoms with Crippen LogP contribution in [0.2, 0.25) is 0 Å². The Kier molecular flexibility index (Phi) is 3.84. The first-order valence-corrected chi connectivity index (χ1v) is 6.45. The molecule has 0 bridgehead atoms. The fourth-order valence-electron chi connectivity index (χ4n) is 1.33. The van der Waals surface area contributed by atoms with Crippen LogP contribution in [-0.4, -0.2) is 36.7 Å². The lowest BCUT2D eigenvalue weighted by Gasteiger charge is -2.19. The standard InChI is InChI=1S/C10H14O4S/c1-15(13,14)9(7-11)10(12)8-5-3-2-4-6-8/h2-6,9-12H,7H2,1H3. The van der Waals surface area contributed by atoms with Gasteiger partial charge in [0.1, 0.15) is 5.25 Å². The second-order valence-electron chi connectivity index (χ2n) is 3.41. The predicted octanol–water partition coefficient (Wildman–Crippen LogP) is 0.125. The van der Waals surface area contributed by atoms with Crippen LogP contribution in [0.25, 0.3) is 0 Å². The molecule has 0 spiro atoms. The third-order valence-electron chi connectivity index (χ3n) is 2.22. The normalized spacial score (nSPS) is 15.9. The fraction of sp³-hybridized carbons (Fsp3) is 0.400. The average Bonchev–Trinajstić information content (AvgIpc) is 2.18. The first kappa shape index (κ1) is 12.2. The van der Waals surface area contributed by atoms with E-state index in [-0.39, 0.29) is 0 Å². The van der Waals surface area contributed by atoms with Gasteiger partial charge in [-0.3, -0.25) is 0 Å². The van der Waals surface area contributed by atoms with Gasteiger partial charge in [0.05, 0.1) is 12.7 Å². The number of aliphatic hydroxyl groups is 2. The first-order valence-electron chi connectivity index (χ1n) is 4.49. The zero-order chi connectivity index (χ0) is 11.5. The van der Waals surface area contributed by atoms with Crippen LogP contribution in [0.15, 0.2) is 30.3 Å². The van der Waals surface area contributed by atoms with E-state index in [1.54, 1.807) is 30.3 Å². The van der Waals surface area contributed by atoms with Gasteiger partial charge in [-0.05, 0) is 5.56 Å². The highest BCUT2D eigenvalue weighted by Gasteiger charge is 2.29. The number of hydrogen-bond donors (Lipinski definition) is 2. The van der Waals surface area contributed by atoms with Gasteiger partial charge in [-0.2, -0.15) is 0 Å². The van der Waals surface area contributed by atoms with E-state index in [1.807, 2.05) is 0 Å². The van der Waals surface area contributed by atoms with Crippen LogP contribution in [0.5, 0.6) is 0 Å². The van der Waals surface area contributed by atoms with E-state index in [4.69, 9.17) is 5.11 Å². The van der Waals surface area contributed by atoms with Crippen LogP contribution in [0.4, 0.5) is 0 Å². The van der Waals surface area contributed by atoms with Gasteiger partial charge in [0.2, 0.25) is 0 Å². The Bertz CT molecular complexity index is 399. The van der Waals surface area contributed by atoms with Crippen LogP contribution in [0, 0.1) is 0 Å². The van der Waals surface area contributed by atoms with Crippen molar-refractivity contribution in [2.45, 2.75) is 11.4 Å². The Balaban J connectivity index is 2.98. The van der Waals surface area contributed by atoms with Gasteiger partial charge in [0.15, 0.2) is 9.84 Å². The van der Waals surface area contributed by atoms with Crippen molar-refractivity contribution in [2.75, 3.05) is 12.9 Å². The molecule has 4 nitrogen and oxygen atoms in total. The van der Waals surface area contributed by atoms with E-state index < -0.39 is 27.8 Å². The van der Waals surface area contributed by atoms with Gasteiger partial charge < -0.3 is 10.2 Å². The van der Waals surface area contributed by atoms with Gasteiger partial charge in [0, 0.05) is 6.26 Å². The molecule has 0 fully saturated rings. The molecule has 5 heteroatoms. The molecule has 0 heterocycles. The van der Waals surface area contributed by atoms with Crippen molar-refractivity contribution < 1.29 is 18.6 Å². The summed E-state index contributed by atoms with van der Waals surface area (Å²) in [6.45, 7) is -0.588. The number of hydrogen-bond acceptors (Lipinski definition) is 4. The zero-order valence-corrected chi connectivity index (χ0v) is 9.18. The third-order valence-corrected chi connectivity index (χ3v) is 3.73. The molecule has 0 aliphatic heterocycles. The van der Waals surface area contributed by atoms with Gasteiger partial charge in [0.25, 0.3) is 0 Å². The summed E-state index contributed by atoms with van der Waals surface area (Å²) in [5.41, 5.74) is 0.488. The Hall–Kier alpha value is -0.910. The van der Waals surface area contributed by atoms with Gasteiger partial charge in [-0.1, -0.05) is 30.3 Å². The highest BCUT2D eigenvalue weighted by molar-refractivity contribution is 7.91. The lowest BCUT2D eigenvalue weighted by Crippen LogP contribution is -2.31. The van der Waals surface area contributed by atoms with E-state index >= 15 is 0 Å². The van der Waals surface area contributed by atoms with Crippen molar-refractivity contribution in [3.05, 3.63) is 35.9 Å². The summed E-state index contributed by atoms with van der Waals surface area (Å²) in [7, 11) is -3.46. The second kappa shape index (κ2) is 4.74. The summed E-state index contributed by atoms with van der Waals surface area (Å²) >= 11 is 0. The molecule has 0 aromatic heterocycles. The highest BCUT2D eigenvalue weighted by atomic mass is 32.2. The second-order valence-corrected chi connectivity index (χ2v) is 5.67. The van der Waals surface area contributed by atoms with E-state index in [1.165, 1.54) is 0 Å². The Morgan fingerprint density at radius 2 is 1.80 bits per heavy atom. The quantitative estimate of drug-likeness (QED) is 0.770. The maximum Gasteiger partial charge on any atom is 0.155 e. The van der Waals surface area contributed by atoms with Crippen molar-refractivity contribution in [3.63, 3.8) is 0 Å². The average molecular weight is 230 g/mol. The predicted molar refractivity (Wildman–Crippen MR) is 57.1 cm³/mol. The summed E-state index contributed by atoms with van der Waals surface area (Å²) < 4.78 is 22.5. The van der Waals surface area contributed by atoms with Crippen LogP contribution in [0.3, 0.4) is 0 Å². The number of benzene rings is 1. The van der Waals surface area contributed by atoms with E-state index in [0.717, 1.165) is 6.26 Å². The van der Waals surface area contributed by atoms with Gasteiger partial charge in [-0.15, -0.1) is 0 Å². The van der Waals surface area contributed by atoms with E-state index in [9.17, 15) is 13.5 Å². The SMILES string of the molecule is CS(=O)(=O)C(CO)C(O)c1ccccc1. The monoisotopic (exact) mass is 230 g/mol. The molecule has 1 aromatic rings. The lowest BCUT2D eigenvalue weighted by atomic mass is 10.1. The summed E-state index contributed by atoms with van der Waals surface area (Å²) in [6, 6.07) is 8.42. The molecule has 0 radical (unpaired) electrons. The third kappa shape index (κ3) is 3.02. The minimum atomic E-state index is -3.46. The van der Waals surface area contributed by atoms with Crippen LogP contribution >= 0.6 is 0 Å². The fourth-order valence-corrected chi connectivity index (χ4v) is 2.23. The molecule has 0 amide bonds. The largest absolute Gasteiger partial charge is 0.395 e. The smallest absolute Gasteiger partial charge is 0.155 e. The number of sulfone groups is 1. The maximum atomic E-state index is 11.3. The van der Waals surface area contributed by atoms with Crippen molar-refractivity contribution in [2.24, 2.45) is 0 Å². The zero-order valence-electron chi connectivity index (χ0n) is 8.37. The topological polar surface area (TPSA) is 74.6 Å². The summed E-state index contributed by atoms with van der Waals surface area (Å²) in [5.74, 6) is 0. The van der Waals surface area contributed by atoms with Crippen LogP contribution in [0.1, 0.15) is 11.7 Å². The van der Waals surface area contributed by atoms with Gasteiger partial charge >= 0.3 is 0 Å². The lowest BCUT2D eigenvalue weighted by molar-refractivity contribution is 0.138. The summed E-state index contributed by atoms with van der Waals surface area (Å²) in [4.78, 5) is 0. The van der Waals surface area contributed by atoms with E-state index in [0.29, 0.717) is 5.56 Å². The molecular formula is C10H14O4S. The van der Waals surface area contributed by atoms with E-state index in [2.05, 4.69) is 0 Å². The maximum absolute atomic E-state index is 11.3. The summed E-state index contributed by atoms with van der Waals surface area (Å²) in [5, 5.41) is 17.6. The van der Waals surface area contributed by atoms with Crippen molar-refractivity contribution in [1.29, 1.82) is 0 Å². The molecule has 15 heavy (non-hydrogen) atoms. The van der Waals surface area contributed by atoms with Crippen LogP contribution < -0.4 is 0 Å². The van der Waals surface area contributed by atoms with Crippen molar-refractivity contribution in [1.82, 2.24) is 0 Å². The van der Waals surface area contributed by atoms with Crippen molar-refractivity contribution >= 4 is 9.84 Å². The Labute approximate surface area is 89.1 Å². The minimum Gasteiger partial charge on any atom is -0.395 e. The Morgan fingerprint density at radius 1 is 1.27 bits per heavy atom. The number of rotatable bonds is 4. The molecule has 0 aliphatic rings.